The van der Waals surface area contributed by atoms with Crippen LogP contribution in [0.3, 0.4) is 0 Å². The van der Waals surface area contributed by atoms with Crippen LogP contribution >= 0.6 is 0 Å². The second-order valence-corrected chi connectivity index (χ2v) is 8.59. The predicted octanol–water partition coefficient (Wildman–Crippen LogP) is 5.36. The van der Waals surface area contributed by atoms with Crippen molar-refractivity contribution in [1.29, 1.82) is 0 Å². The molecule has 0 fully saturated rings. The SMILES string of the molecule is Cc1ccc(COc2cccn3c(=O)c(-c4cc(C)n(-c5ccccc5C)n4)c(C)nc23)cc1. The normalized spacial score (nSPS) is 11.2. The van der Waals surface area contributed by atoms with Crippen LogP contribution in [0.4, 0.5) is 0 Å². The van der Waals surface area contributed by atoms with Crippen molar-refractivity contribution >= 4 is 5.65 Å². The van der Waals surface area contributed by atoms with Crippen LogP contribution in [0.1, 0.15) is 28.1 Å². The zero-order valence-corrected chi connectivity index (χ0v) is 19.7. The van der Waals surface area contributed by atoms with Crippen molar-refractivity contribution in [1.82, 2.24) is 19.2 Å². The fourth-order valence-electron chi connectivity index (χ4n) is 4.14. The molecule has 0 saturated heterocycles. The van der Waals surface area contributed by atoms with Gasteiger partial charge in [-0.3, -0.25) is 9.20 Å². The molecule has 0 amide bonds. The van der Waals surface area contributed by atoms with Gasteiger partial charge in [-0.1, -0.05) is 48.0 Å². The van der Waals surface area contributed by atoms with E-state index in [2.05, 4.69) is 19.1 Å². The zero-order chi connectivity index (χ0) is 23.8. The smallest absolute Gasteiger partial charge is 0.267 e. The number of ether oxygens (including phenoxy) is 1. The van der Waals surface area contributed by atoms with E-state index in [9.17, 15) is 4.79 Å². The van der Waals surface area contributed by atoms with E-state index in [-0.39, 0.29) is 5.56 Å². The molecule has 0 spiro atoms. The molecule has 0 aliphatic carbocycles. The van der Waals surface area contributed by atoms with Crippen molar-refractivity contribution in [2.45, 2.75) is 34.3 Å². The maximum absolute atomic E-state index is 13.6. The van der Waals surface area contributed by atoms with E-state index < -0.39 is 0 Å². The standard InChI is InChI=1S/C28H26N4O2/c1-18-11-13-22(14-12-18)17-34-25-10-7-15-31-27(25)29-21(4)26(28(31)33)23-16-20(3)32(30-23)24-9-6-5-8-19(24)2/h5-16H,17H2,1-4H3. The molecule has 0 N–H and O–H groups in total. The Kier molecular flexibility index (Phi) is 5.49. The van der Waals surface area contributed by atoms with Crippen molar-refractivity contribution in [3.05, 3.63) is 111 Å². The van der Waals surface area contributed by atoms with Gasteiger partial charge in [0.2, 0.25) is 0 Å². The van der Waals surface area contributed by atoms with Gasteiger partial charge in [-0.25, -0.2) is 9.67 Å². The van der Waals surface area contributed by atoms with E-state index in [0.717, 1.165) is 22.5 Å². The maximum atomic E-state index is 13.6. The summed E-state index contributed by atoms with van der Waals surface area (Å²) in [4.78, 5) is 18.3. The summed E-state index contributed by atoms with van der Waals surface area (Å²) in [6.45, 7) is 8.33. The zero-order valence-electron chi connectivity index (χ0n) is 19.7. The van der Waals surface area contributed by atoms with Gasteiger partial charge in [0, 0.05) is 11.9 Å². The van der Waals surface area contributed by atoms with Gasteiger partial charge in [0.25, 0.3) is 5.56 Å². The third-order valence-electron chi connectivity index (χ3n) is 6.00. The van der Waals surface area contributed by atoms with Crippen molar-refractivity contribution in [3.8, 4) is 22.7 Å². The lowest BCUT2D eigenvalue weighted by molar-refractivity contribution is 0.308. The molecule has 5 rings (SSSR count). The summed E-state index contributed by atoms with van der Waals surface area (Å²) < 4.78 is 9.46. The molecule has 0 unspecified atom stereocenters. The van der Waals surface area contributed by atoms with Crippen LogP contribution in [0, 0.1) is 27.7 Å². The monoisotopic (exact) mass is 450 g/mol. The average Bonchev–Trinajstić information content (AvgIpc) is 3.20. The third kappa shape index (κ3) is 3.88. The lowest BCUT2D eigenvalue weighted by atomic mass is 10.1. The topological polar surface area (TPSA) is 61.4 Å². The van der Waals surface area contributed by atoms with Crippen LogP contribution in [-0.2, 0) is 6.61 Å². The van der Waals surface area contributed by atoms with Crippen LogP contribution in [0.2, 0.25) is 0 Å². The Morgan fingerprint density at radius 1 is 0.912 bits per heavy atom. The van der Waals surface area contributed by atoms with Crippen LogP contribution in [-0.4, -0.2) is 19.2 Å². The molecule has 0 saturated carbocycles. The molecule has 0 aliphatic rings. The van der Waals surface area contributed by atoms with Gasteiger partial charge < -0.3 is 4.74 Å². The summed E-state index contributed by atoms with van der Waals surface area (Å²) in [5.74, 6) is 0.566. The summed E-state index contributed by atoms with van der Waals surface area (Å²) in [5, 5.41) is 4.78. The van der Waals surface area contributed by atoms with Crippen molar-refractivity contribution < 1.29 is 4.74 Å². The van der Waals surface area contributed by atoms with Gasteiger partial charge in [0.05, 0.1) is 16.9 Å². The summed E-state index contributed by atoms with van der Waals surface area (Å²) in [5.41, 5.74) is 7.35. The number of pyridine rings is 1. The van der Waals surface area contributed by atoms with Gasteiger partial charge in [-0.2, -0.15) is 5.10 Å². The minimum Gasteiger partial charge on any atom is -0.485 e. The minimum absolute atomic E-state index is 0.169. The first-order chi connectivity index (χ1) is 16.4. The highest BCUT2D eigenvalue weighted by atomic mass is 16.5. The number of hydrogen-bond acceptors (Lipinski definition) is 4. The number of benzene rings is 2. The largest absolute Gasteiger partial charge is 0.485 e. The Hall–Kier alpha value is -4.19. The number of nitrogens with zero attached hydrogens (tertiary/aromatic N) is 4. The van der Waals surface area contributed by atoms with E-state index >= 15 is 0 Å². The fraction of sp³-hybridized carbons (Fsp3) is 0.179. The van der Waals surface area contributed by atoms with E-state index in [4.69, 9.17) is 14.8 Å². The van der Waals surface area contributed by atoms with Gasteiger partial charge in [0.1, 0.15) is 12.3 Å². The van der Waals surface area contributed by atoms with Gasteiger partial charge in [-0.15, -0.1) is 0 Å². The molecular formula is C28H26N4O2. The van der Waals surface area contributed by atoms with Gasteiger partial charge >= 0.3 is 0 Å². The van der Waals surface area contributed by atoms with Crippen molar-refractivity contribution in [2.24, 2.45) is 0 Å². The molecule has 2 aromatic carbocycles. The Bertz CT molecular complexity index is 1560. The third-order valence-corrected chi connectivity index (χ3v) is 6.00. The Morgan fingerprint density at radius 3 is 2.44 bits per heavy atom. The molecule has 5 aromatic rings. The quantitative estimate of drug-likeness (QED) is 0.362. The van der Waals surface area contributed by atoms with E-state index in [1.54, 1.807) is 12.3 Å². The molecule has 0 radical (unpaired) electrons. The molecule has 6 nitrogen and oxygen atoms in total. The first kappa shape index (κ1) is 21.6. The molecule has 0 aliphatic heterocycles. The molecule has 3 heterocycles. The second kappa shape index (κ2) is 8.63. The average molecular weight is 451 g/mol. The fourth-order valence-corrected chi connectivity index (χ4v) is 4.14. The van der Waals surface area contributed by atoms with E-state index in [1.165, 1.54) is 9.96 Å². The van der Waals surface area contributed by atoms with Crippen LogP contribution in [0.15, 0.2) is 77.7 Å². The molecule has 6 heteroatoms. The highest BCUT2D eigenvalue weighted by Gasteiger charge is 2.18. The maximum Gasteiger partial charge on any atom is 0.267 e. The van der Waals surface area contributed by atoms with E-state index in [0.29, 0.717) is 35.0 Å². The Morgan fingerprint density at radius 2 is 1.68 bits per heavy atom. The van der Waals surface area contributed by atoms with Crippen LogP contribution in [0.5, 0.6) is 5.75 Å². The highest BCUT2D eigenvalue weighted by Crippen LogP contribution is 2.25. The summed E-state index contributed by atoms with van der Waals surface area (Å²) in [6, 6.07) is 21.8. The van der Waals surface area contributed by atoms with Gasteiger partial charge in [0.15, 0.2) is 11.4 Å². The number of para-hydroxylation sites is 1. The van der Waals surface area contributed by atoms with Crippen LogP contribution in [0.25, 0.3) is 22.6 Å². The predicted molar refractivity (Wildman–Crippen MR) is 134 cm³/mol. The Balaban J connectivity index is 1.55. The van der Waals surface area contributed by atoms with Crippen molar-refractivity contribution in [2.75, 3.05) is 0 Å². The highest BCUT2D eigenvalue weighted by molar-refractivity contribution is 5.66. The van der Waals surface area contributed by atoms with Gasteiger partial charge in [-0.05, 0) is 63.1 Å². The molecule has 0 bridgehead atoms. The van der Waals surface area contributed by atoms with Crippen LogP contribution < -0.4 is 10.3 Å². The molecule has 170 valence electrons. The number of hydrogen-bond donors (Lipinski definition) is 0. The molecule has 0 atom stereocenters. The lowest BCUT2D eigenvalue weighted by Crippen LogP contribution is -2.19. The lowest BCUT2D eigenvalue weighted by Gasteiger charge is -2.12. The molecular weight excluding hydrogens is 424 g/mol. The van der Waals surface area contributed by atoms with E-state index in [1.807, 2.05) is 74.0 Å². The Labute approximate surface area is 198 Å². The number of aryl methyl sites for hydroxylation is 4. The number of fused-ring (bicyclic) bond motifs is 1. The summed E-state index contributed by atoms with van der Waals surface area (Å²) >= 11 is 0. The molecule has 34 heavy (non-hydrogen) atoms. The minimum atomic E-state index is -0.169. The number of aromatic nitrogens is 4. The first-order valence-corrected chi connectivity index (χ1v) is 11.3. The number of rotatable bonds is 5. The van der Waals surface area contributed by atoms with Crippen molar-refractivity contribution in [3.63, 3.8) is 0 Å². The second-order valence-electron chi connectivity index (χ2n) is 8.59. The summed E-state index contributed by atoms with van der Waals surface area (Å²) in [6.07, 6.45) is 1.72. The summed E-state index contributed by atoms with van der Waals surface area (Å²) in [7, 11) is 0. The molecule has 3 aromatic heterocycles. The first-order valence-electron chi connectivity index (χ1n) is 11.3.